The SMILES string of the molecule is C[C@@H]1CN(Cc2ccccn2)CC[C@H]1Nc1ccc2[nH]ncc2c1. The largest absolute Gasteiger partial charge is 0.382 e. The molecule has 2 aromatic heterocycles. The van der Waals surface area contributed by atoms with Crippen molar-refractivity contribution in [2.24, 2.45) is 5.92 Å². The highest BCUT2D eigenvalue weighted by Crippen LogP contribution is 2.24. The topological polar surface area (TPSA) is 56.8 Å². The molecule has 0 aliphatic carbocycles. The van der Waals surface area contributed by atoms with Gasteiger partial charge in [0.1, 0.15) is 0 Å². The number of fused-ring (bicyclic) bond motifs is 1. The first-order chi connectivity index (χ1) is 11.8. The van der Waals surface area contributed by atoms with Gasteiger partial charge in [-0.25, -0.2) is 0 Å². The number of rotatable bonds is 4. The highest BCUT2D eigenvalue weighted by atomic mass is 15.2. The number of H-pyrrole nitrogens is 1. The first-order valence-electron chi connectivity index (χ1n) is 8.60. The second kappa shape index (κ2) is 6.61. The summed E-state index contributed by atoms with van der Waals surface area (Å²) in [7, 11) is 0. The maximum Gasteiger partial charge on any atom is 0.0651 e. The minimum atomic E-state index is 0.509. The Kier molecular flexibility index (Phi) is 4.17. The van der Waals surface area contributed by atoms with Gasteiger partial charge in [0, 0.05) is 42.9 Å². The van der Waals surface area contributed by atoms with E-state index in [9.17, 15) is 0 Å². The summed E-state index contributed by atoms with van der Waals surface area (Å²) in [6.07, 6.45) is 4.90. The number of pyridine rings is 1. The summed E-state index contributed by atoms with van der Waals surface area (Å²) in [5, 5.41) is 12.0. The quantitative estimate of drug-likeness (QED) is 0.774. The zero-order valence-corrected chi connectivity index (χ0v) is 13.9. The molecule has 1 aromatic carbocycles. The molecule has 124 valence electrons. The number of aromatic amines is 1. The molecule has 0 spiro atoms. The Morgan fingerprint density at radius 1 is 1.29 bits per heavy atom. The molecule has 5 nitrogen and oxygen atoms in total. The van der Waals surface area contributed by atoms with Crippen LogP contribution >= 0.6 is 0 Å². The number of nitrogens with one attached hydrogen (secondary N) is 2. The molecular formula is C19H23N5. The highest BCUT2D eigenvalue weighted by Gasteiger charge is 2.26. The van der Waals surface area contributed by atoms with Crippen molar-refractivity contribution < 1.29 is 0 Å². The average Bonchev–Trinajstić information content (AvgIpc) is 3.06. The summed E-state index contributed by atoms with van der Waals surface area (Å²) in [6.45, 7) is 5.48. The van der Waals surface area contributed by atoms with E-state index in [1.54, 1.807) is 0 Å². The Hall–Kier alpha value is -2.40. The van der Waals surface area contributed by atoms with Crippen molar-refractivity contribution in [2.75, 3.05) is 18.4 Å². The molecular weight excluding hydrogens is 298 g/mol. The standard InChI is InChI=1S/C19H23N5/c1-14-12-24(13-17-4-2-3-8-20-17)9-7-18(14)22-16-5-6-19-15(10-16)11-21-23-19/h2-6,8,10-11,14,18,22H,7,9,12-13H2,1H3,(H,21,23)/t14-,18-/m1/s1. The summed E-state index contributed by atoms with van der Waals surface area (Å²) >= 11 is 0. The molecule has 2 atom stereocenters. The lowest BCUT2D eigenvalue weighted by molar-refractivity contribution is 0.163. The lowest BCUT2D eigenvalue weighted by Gasteiger charge is -2.37. The Balaban J connectivity index is 1.37. The minimum Gasteiger partial charge on any atom is -0.382 e. The molecule has 3 heterocycles. The molecule has 0 saturated carbocycles. The van der Waals surface area contributed by atoms with Gasteiger partial charge in [0.25, 0.3) is 0 Å². The maximum atomic E-state index is 4.44. The molecule has 3 aromatic rings. The van der Waals surface area contributed by atoms with Crippen molar-refractivity contribution in [3.05, 3.63) is 54.5 Å². The Labute approximate surface area is 142 Å². The van der Waals surface area contributed by atoms with Crippen LogP contribution in [0.25, 0.3) is 10.9 Å². The molecule has 0 amide bonds. The van der Waals surface area contributed by atoms with Crippen LogP contribution in [0.4, 0.5) is 5.69 Å². The third-order valence-corrected chi connectivity index (χ3v) is 4.89. The third-order valence-electron chi connectivity index (χ3n) is 4.89. The summed E-state index contributed by atoms with van der Waals surface area (Å²) < 4.78 is 0. The number of nitrogens with zero attached hydrogens (tertiary/aromatic N) is 3. The molecule has 24 heavy (non-hydrogen) atoms. The number of hydrogen-bond donors (Lipinski definition) is 2. The van der Waals surface area contributed by atoms with E-state index in [1.807, 2.05) is 18.5 Å². The molecule has 0 radical (unpaired) electrons. The lowest BCUT2D eigenvalue weighted by Crippen LogP contribution is -2.44. The third kappa shape index (κ3) is 3.26. The fourth-order valence-electron chi connectivity index (χ4n) is 3.56. The average molecular weight is 321 g/mol. The molecule has 2 N–H and O–H groups in total. The molecule has 1 fully saturated rings. The van der Waals surface area contributed by atoms with Gasteiger partial charge >= 0.3 is 0 Å². The predicted molar refractivity (Wildman–Crippen MR) is 96.8 cm³/mol. The van der Waals surface area contributed by atoms with Gasteiger partial charge in [-0.05, 0) is 42.7 Å². The Morgan fingerprint density at radius 2 is 2.25 bits per heavy atom. The zero-order valence-electron chi connectivity index (χ0n) is 13.9. The second-order valence-corrected chi connectivity index (χ2v) is 6.75. The Bertz CT molecular complexity index is 798. The van der Waals surface area contributed by atoms with Gasteiger partial charge < -0.3 is 5.32 Å². The number of anilines is 1. The van der Waals surface area contributed by atoms with E-state index in [0.717, 1.165) is 42.7 Å². The predicted octanol–water partition coefficient (Wildman–Crippen LogP) is 3.28. The Morgan fingerprint density at radius 3 is 3.08 bits per heavy atom. The van der Waals surface area contributed by atoms with Gasteiger partial charge in [0.15, 0.2) is 0 Å². The van der Waals surface area contributed by atoms with Crippen LogP contribution in [0.5, 0.6) is 0 Å². The highest BCUT2D eigenvalue weighted by molar-refractivity contribution is 5.81. The normalized spacial score (nSPS) is 21.9. The number of piperidine rings is 1. The number of aromatic nitrogens is 3. The van der Waals surface area contributed by atoms with Crippen molar-refractivity contribution in [1.82, 2.24) is 20.1 Å². The van der Waals surface area contributed by atoms with Crippen molar-refractivity contribution >= 4 is 16.6 Å². The van der Waals surface area contributed by atoms with E-state index >= 15 is 0 Å². The van der Waals surface area contributed by atoms with E-state index in [-0.39, 0.29) is 0 Å². The number of hydrogen-bond acceptors (Lipinski definition) is 4. The molecule has 0 unspecified atom stereocenters. The minimum absolute atomic E-state index is 0.509. The van der Waals surface area contributed by atoms with Crippen LogP contribution in [0.2, 0.25) is 0 Å². The molecule has 4 rings (SSSR count). The van der Waals surface area contributed by atoms with Gasteiger partial charge in [0.05, 0.1) is 17.4 Å². The van der Waals surface area contributed by atoms with Crippen molar-refractivity contribution in [2.45, 2.75) is 25.9 Å². The van der Waals surface area contributed by atoms with E-state index in [0.29, 0.717) is 12.0 Å². The summed E-state index contributed by atoms with van der Waals surface area (Å²) in [5.74, 6) is 0.600. The molecule has 1 saturated heterocycles. The van der Waals surface area contributed by atoms with Crippen LogP contribution in [-0.4, -0.2) is 39.2 Å². The summed E-state index contributed by atoms with van der Waals surface area (Å²) in [6, 6.07) is 13.0. The molecule has 1 aliphatic rings. The van der Waals surface area contributed by atoms with Gasteiger partial charge in [-0.1, -0.05) is 13.0 Å². The van der Waals surface area contributed by atoms with E-state index in [2.05, 4.69) is 62.7 Å². The van der Waals surface area contributed by atoms with Crippen molar-refractivity contribution in [1.29, 1.82) is 0 Å². The molecule has 0 bridgehead atoms. The van der Waals surface area contributed by atoms with Crippen LogP contribution in [-0.2, 0) is 6.54 Å². The first kappa shape index (κ1) is 15.1. The summed E-state index contributed by atoms with van der Waals surface area (Å²) in [4.78, 5) is 6.95. The number of benzene rings is 1. The monoisotopic (exact) mass is 321 g/mol. The van der Waals surface area contributed by atoms with E-state index in [4.69, 9.17) is 0 Å². The fraction of sp³-hybridized carbons (Fsp3) is 0.368. The maximum absolute atomic E-state index is 4.44. The van der Waals surface area contributed by atoms with Gasteiger partial charge in [-0.3, -0.25) is 15.0 Å². The number of likely N-dealkylation sites (tertiary alicyclic amines) is 1. The molecule has 5 heteroatoms. The van der Waals surface area contributed by atoms with Crippen molar-refractivity contribution in [3.63, 3.8) is 0 Å². The van der Waals surface area contributed by atoms with Gasteiger partial charge in [0.2, 0.25) is 0 Å². The summed E-state index contributed by atoms with van der Waals surface area (Å²) in [5.41, 5.74) is 3.42. The zero-order chi connectivity index (χ0) is 16.4. The lowest BCUT2D eigenvalue weighted by atomic mass is 9.93. The first-order valence-corrected chi connectivity index (χ1v) is 8.60. The van der Waals surface area contributed by atoms with E-state index in [1.165, 1.54) is 5.69 Å². The van der Waals surface area contributed by atoms with Crippen LogP contribution in [0.1, 0.15) is 19.0 Å². The van der Waals surface area contributed by atoms with E-state index < -0.39 is 0 Å². The van der Waals surface area contributed by atoms with Gasteiger partial charge in [-0.15, -0.1) is 0 Å². The molecule has 1 aliphatic heterocycles. The fourth-order valence-corrected chi connectivity index (χ4v) is 3.56. The van der Waals surface area contributed by atoms with Crippen LogP contribution in [0, 0.1) is 5.92 Å². The van der Waals surface area contributed by atoms with Crippen LogP contribution < -0.4 is 5.32 Å². The second-order valence-electron chi connectivity index (χ2n) is 6.75. The van der Waals surface area contributed by atoms with Crippen molar-refractivity contribution in [3.8, 4) is 0 Å². The van der Waals surface area contributed by atoms with Crippen LogP contribution in [0.3, 0.4) is 0 Å². The smallest absolute Gasteiger partial charge is 0.0651 e. The van der Waals surface area contributed by atoms with Crippen LogP contribution in [0.15, 0.2) is 48.8 Å². The van der Waals surface area contributed by atoms with Gasteiger partial charge in [-0.2, -0.15) is 5.10 Å².